The maximum Gasteiger partial charge on any atom is 0.159 e. The number of aliphatic hydroxyl groups is 1. The molecule has 2 fully saturated rings. The van der Waals surface area contributed by atoms with Gasteiger partial charge in [0.2, 0.25) is 0 Å². The van der Waals surface area contributed by atoms with Crippen LogP contribution in [0, 0.1) is 11.3 Å². The molecule has 2 saturated heterocycles. The van der Waals surface area contributed by atoms with E-state index in [2.05, 4.69) is 26.5 Å². The van der Waals surface area contributed by atoms with Crippen LogP contribution < -0.4 is 15.0 Å². The van der Waals surface area contributed by atoms with E-state index in [1.54, 1.807) is 7.11 Å². The van der Waals surface area contributed by atoms with Gasteiger partial charge in [-0.15, -0.1) is 22.6 Å². The number of ether oxygens (including phenoxy) is 1. The van der Waals surface area contributed by atoms with Gasteiger partial charge in [-0.1, -0.05) is 17.7 Å². The van der Waals surface area contributed by atoms with Crippen LogP contribution in [0.1, 0.15) is 36.8 Å². The van der Waals surface area contributed by atoms with Crippen molar-refractivity contribution in [3.05, 3.63) is 52.5 Å². The number of aliphatic hydroxyl groups excluding tert-OH is 1. The molecule has 3 heterocycles. The highest BCUT2D eigenvalue weighted by Gasteiger charge is 2.41. The molecule has 3 aromatic rings. The number of benzene rings is 2. The number of aromatic nitrogens is 2. The van der Waals surface area contributed by atoms with Crippen LogP contribution >= 0.6 is 24.0 Å². The van der Waals surface area contributed by atoms with Crippen LogP contribution in [0.25, 0.3) is 10.8 Å². The number of methoxy groups -OCH3 is 1. The lowest BCUT2D eigenvalue weighted by molar-refractivity contribution is 0.126. The molecular weight excluding hydrogens is 461 g/mol. The lowest BCUT2D eigenvalue weighted by Crippen LogP contribution is -2.45. The summed E-state index contributed by atoms with van der Waals surface area (Å²) >= 11 is 6.26. The van der Waals surface area contributed by atoms with Gasteiger partial charge in [-0.05, 0) is 61.6 Å². The number of piperidine rings is 1. The normalized spacial score (nSPS) is 21.4. The fourth-order valence-corrected chi connectivity index (χ4v) is 5.31. The first-order valence-electron chi connectivity index (χ1n) is 10.8. The second-order valence-corrected chi connectivity index (χ2v) is 8.89. The molecule has 1 aromatic heterocycles. The Morgan fingerprint density at radius 3 is 2.58 bits per heavy atom. The van der Waals surface area contributed by atoms with Crippen LogP contribution in [-0.2, 0) is 6.54 Å². The van der Waals surface area contributed by atoms with Gasteiger partial charge in [0.05, 0.1) is 29.9 Å². The predicted octanol–water partition coefficient (Wildman–Crippen LogP) is 4.69. The summed E-state index contributed by atoms with van der Waals surface area (Å²) < 4.78 is 5.22. The number of fused-ring (bicyclic) bond motifs is 3. The molecule has 5 rings (SSSR count). The number of rotatable bonds is 5. The van der Waals surface area contributed by atoms with E-state index >= 15 is 0 Å². The second kappa shape index (κ2) is 9.60. The third-order valence-electron chi connectivity index (χ3n) is 6.52. The monoisotopic (exact) mass is 485 g/mol. The highest BCUT2D eigenvalue weighted by Crippen LogP contribution is 2.41. The highest BCUT2D eigenvalue weighted by atomic mass is 35.5. The Hall–Kier alpha value is -2.79. The molecule has 2 aliphatic rings. The van der Waals surface area contributed by atoms with E-state index < -0.39 is 0 Å². The Kier molecular flexibility index (Phi) is 6.80. The first kappa shape index (κ1) is 23.4. The number of nitrogens with zero attached hydrogens (tertiary/aromatic N) is 4. The number of anilines is 2. The van der Waals surface area contributed by atoms with Crippen molar-refractivity contribution in [3.63, 3.8) is 0 Å². The third kappa shape index (κ3) is 4.39. The topological polar surface area (TPSA) is 94.3 Å². The van der Waals surface area contributed by atoms with Crippen molar-refractivity contribution in [3.8, 4) is 11.8 Å². The zero-order valence-corrected chi connectivity index (χ0v) is 19.7. The summed E-state index contributed by atoms with van der Waals surface area (Å²) in [6.45, 7) is 0.505. The predicted molar refractivity (Wildman–Crippen MR) is 131 cm³/mol. The van der Waals surface area contributed by atoms with E-state index in [4.69, 9.17) is 16.3 Å². The second-order valence-electron chi connectivity index (χ2n) is 8.48. The average molecular weight is 486 g/mol. The smallest absolute Gasteiger partial charge is 0.159 e. The van der Waals surface area contributed by atoms with Gasteiger partial charge in [-0.25, -0.2) is 0 Å². The number of nitrogens with one attached hydrogen (secondary N) is 1. The first-order chi connectivity index (χ1) is 15.6. The number of hydrogen-bond donors (Lipinski definition) is 2. The molecule has 2 N–H and O–H groups in total. The van der Waals surface area contributed by atoms with Gasteiger partial charge in [0.1, 0.15) is 5.75 Å². The largest absolute Gasteiger partial charge is 0.495 e. The van der Waals surface area contributed by atoms with Crippen molar-refractivity contribution in [2.45, 2.75) is 50.4 Å². The van der Waals surface area contributed by atoms with Crippen molar-refractivity contribution in [1.82, 2.24) is 10.2 Å². The third-order valence-corrected chi connectivity index (χ3v) is 6.81. The van der Waals surface area contributed by atoms with Crippen LogP contribution in [0.5, 0.6) is 5.75 Å². The van der Waals surface area contributed by atoms with Gasteiger partial charge < -0.3 is 20.1 Å². The summed E-state index contributed by atoms with van der Waals surface area (Å²) in [5, 5.41) is 34.5. The summed E-state index contributed by atoms with van der Waals surface area (Å²) in [6.07, 6.45) is 3.38. The molecule has 2 aromatic carbocycles. The minimum atomic E-state index is -0.245. The Bertz CT molecular complexity index is 1200. The Balaban J connectivity index is 0.00000259. The summed E-state index contributed by atoms with van der Waals surface area (Å²) in [5.74, 6) is 2.09. The Morgan fingerprint density at radius 1 is 1.15 bits per heavy atom. The van der Waals surface area contributed by atoms with Crippen LogP contribution in [0.3, 0.4) is 0 Å². The lowest BCUT2D eigenvalue weighted by atomic mass is 9.99. The fourth-order valence-electron chi connectivity index (χ4n) is 5.03. The Labute approximate surface area is 203 Å². The first-order valence-corrected chi connectivity index (χ1v) is 11.2. The molecule has 0 spiro atoms. The van der Waals surface area contributed by atoms with E-state index in [0.717, 1.165) is 47.8 Å². The molecule has 0 radical (unpaired) electrons. The van der Waals surface area contributed by atoms with Gasteiger partial charge in [0.15, 0.2) is 11.6 Å². The standard InChI is InChI=1S/C24H24ClN5O2.ClH/c1-32-22-7-3-15(9-21(22)25)13-27-23-20-8-14(12-26)2-6-19(20)24(29-28-23)30-16-4-5-17(30)11-18(31)10-16;/h2-3,6-9,16-18,31H,4-5,10-11,13H2,1H3,(H,27,28);1H. The molecule has 0 amide bonds. The van der Waals surface area contributed by atoms with Gasteiger partial charge >= 0.3 is 0 Å². The van der Waals surface area contributed by atoms with Gasteiger partial charge in [0.25, 0.3) is 0 Å². The molecule has 0 saturated carbocycles. The number of halogens is 2. The minimum absolute atomic E-state index is 0. The van der Waals surface area contributed by atoms with Crippen LogP contribution in [0.4, 0.5) is 11.6 Å². The van der Waals surface area contributed by atoms with E-state index in [1.165, 1.54) is 0 Å². The molecule has 2 bridgehead atoms. The van der Waals surface area contributed by atoms with Crippen molar-refractivity contribution in [1.29, 1.82) is 5.26 Å². The molecule has 33 heavy (non-hydrogen) atoms. The summed E-state index contributed by atoms with van der Waals surface area (Å²) in [6, 6.07) is 14.0. The van der Waals surface area contributed by atoms with Crippen molar-refractivity contribution >= 4 is 46.4 Å². The minimum Gasteiger partial charge on any atom is -0.495 e. The van der Waals surface area contributed by atoms with Crippen molar-refractivity contribution in [2.75, 3.05) is 17.3 Å². The molecule has 7 nitrogen and oxygen atoms in total. The summed E-state index contributed by atoms with van der Waals surface area (Å²) in [7, 11) is 1.59. The maximum absolute atomic E-state index is 10.2. The quantitative estimate of drug-likeness (QED) is 0.541. The average Bonchev–Trinajstić information content (AvgIpc) is 3.07. The highest BCUT2D eigenvalue weighted by molar-refractivity contribution is 6.32. The fraction of sp³-hybridized carbons (Fsp3) is 0.375. The SMILES string of the molecule is COc1ccc(CNc2nnc(N3C4CCC3CC(O)C4)c3ccc(C#N)cc23)cc1Cl.Cl. The van der Waals surface area contributed by atoms with Gasteiger partial charge in [0, 0.05) is 29.4 Å². The van der Waals surface area contributed by atoms with Crippen molar-refractivity contribution < 1.29 is 9.84 Å². The molecular formula is C24H25Cl2N5O2. The zero-order valence-electron chi connectivity index (χ0n) is 18.2. The Morgan fingerprint density at radius 2 is 1.91 bits per heavy atom. The number of nitriles is 1. The maximum atomic E-state index is 10.2. The van der Waals surface area contributed by atoms with Crippen LogP contribution in [0.15, 0.2) is 36.4 Å². The van der Waals surface area contributed by atoms with Crippen molar-refractivity contribution in [2.24, 2.45) is 0 Å². The molecule has 2 atom stereocenters. The molecule has 172 valence electrons. The number of hydrogen-bond acceptors (Lipinski definition) is 7. The van der Waals surface area contributed by atoms with E-state index in [1.807, 2.05) is 36.4 Å². The van der Waals surface area contributed by atoms with Gasteiger partial charge in [-0.2, -0.15) is 5.26 Å². The zero-order chi connectivity index (χ0) is 22.2. The summed E-state index contributed by atoms with van der Waals surface area (Å²) in [5.41, 5.74) is 1.55. The summed E-state index contributed by atoms with van der Waals surface area (Å²) in [4.78, 5) is 2.33. The lowest BCUT2D eigenvalue weighted by Gasteiger charge is -2.38. The molecule has 9 heteroatoms. The van der Waals surface area contributed by atoms with Crippen LogP contribution in [-0.4, -0.2) is 40.6 Å². The molecule has 2 aliphatic heterocycles. The molecule has 0 aliphatic carbocycles. The van der Waals surface area contributed by atoms with Gasteiger partial charge in [-0.3, -0.25) is 0 Å². The van der Waals surface area contributed by atoms with E-state index in [-0.39, 0.29) is 30.6 Å². The van der Waals surface area contributed by atoms with E-state index in [0.29, 0.717) is 28.7 Å². The van der Waals surface area contributed by atoms with E-state index in [9.17, 15) is 10.4 Å². The van der Waals surface area contributed by atoms with Crippen LogP contribution in [0.2, 0.25) is 5.02 Å². The molecule has 2 unspecified atom stereocenters.